The van der Waals surface area contributed by atoms with Crippen molar-refractivity contribution in [2.24, 2.45) is 5.92 Å². The number of benzene rings is 1. The summed E-state index contributed by atoms with van der Waals surface area (Å²) in [4.78, 5) is 0. The van der Waals surface area contributed by atoms with Crippen LogP contribution in [0.5, 0.6) is 5.75 Å². The Morgan fingerprint density at radius 1 is 1.32 bits per heavy atom. The molecule has 1 aromatic rings. The number of ether oxygens (including phenoxy) is 1. The van der Waals surface area contributed by atoms with Gasteiger partial charge in [0.15, 0.2) is 0 Å². The molecule has 1 saturated carbocycles. The van der Waals surface area contributed by atoms with Gasteiger partial charge >= 0.3 is 0 Å². The van der Waals surface area contributed by atoms with Gasteiger partial charge in [-0.15, -0.1) is 0 Å². The van der Waals surface area contributed by atoms with Crippen LogP contribution >= 0.6 is 0 Å². The van der Waals surface area contributed by atoms with Crippen molar-refractivity contribution in [1.82, 2.24) is 0 Å². The van der Waals surface area contributed by atoms with Gasteiger partial charge in [0.1, 0.15) is 11.6 Å². The Bertz CT molecular complexity index is 423. The summed E-state index contributed by atoms with van der Waals surface area (Å²) in [6.45, 7) is 1.70. The third-order valence-electron chi connectivity index (χ3n) is 4.14. The third kappa shape index (κ3) is 3.27. The first-order valence-corrected chi connectivity index (χ1v) is 7.10. The van der Waals surface area contributed by atoms with Crippen LogP contribution in [0.1, 0.15) is 51.0 Å². The Hall–Kier alpha value is -1.09. The molecule has 2 rings (SSSR count). The largest absolute Gasteiger partial charge is 0.496 e. The molecule has 19 heavy (non-hydrogen) atoms. The van der Waals surface area contributed by atoms with E-state index >= 15 is 0 Å². The minimum atomic E-state index is -1.17. The fourth-order valence-corrected chi connectivity index (χ4v) is 3.25. The molecule has 0 radical (unpaired) electrons. The highest BCUT2D eigenvalue weighted by atomic mass is 19.1. The quantitative estimate of drug-likeness (QED) is 0.892. The van der Waals surface area contributed by atoms with E-state index in [0.29, 0.717) is 23.7 Å². The lowest BCUT2D eigenvalue weighted by atomic mass is 9.78. The van der Waals surface area contributed by atoms with Crippen molar-refractivity contribution in [3.63, 3.8) is 0 Å². The average molecular weight is 266 g/mol. The van der Waals surface area contributed by atoms with Crippen LogP contribution in [0.15, 0.2) is 18.2 Å². The maximum atomic E-state index is 14.0. The summed E-state index contributed by atoms with van der Waals surface area (Å²) in [7, 11) is 1.51. The van der Waals surface area contributed by atoms with Crippen LogP contribution < -0.4 is 4.74 Å². The molecule has 3 heteroatoms. The van der Waals surface area contributed by atoms with Crippen molar-refractivity contribution in [2.45, 2.75) is 51.0 Å². The Labute approximate surface area is 114 Å². The van der Waals surface area contributed by atoms with Gasteiger partial charge in [-0.25, -0.2) is 4.39 Å². The van der Waals surface area contributed by atoms with Crippen molar-refractivity contribution in [3.05, 3.63) is 29.6 Å². The van der Waals surface area contributed by atoms with Gasteiger partial charge < -0.3 is 9.84 Å². The number of methoxy groups -OCH3 is 1. The van der Waals surface area contributed by atoms with E-state index in [9.17, 15) is 9.50 Å². The number of aliphatic hydroxyl groups is 1. The summed E-state index contributed by atoms with van der Waals surface area (Å²) >= 11 is 0. The Morgan fingerprint density at radius 2 is 2.00 bits per heavy atom. The van der Waals surface area contributed by atoms with Gasteiger partial charge in [0.25, 0.3) is 0 Å². The predicted molar refractivity (Wildman–Crippen MR) is 73.7 cm³/mol. The van der Waals surface area contributed by atoms with E-state index in [1.165, 1.54) is 32.4 Å². The van der Waals surface area contributed by atoms with Crippen LogP contribution in [-0.2, 0) is 5.60 Å². The fourth-order valence-electron chi connectivity index (χ4n) is 3.25. The maximum Gasteiger partial charge on any atom is 0.133 e. The molecular weight excluding hydrogens is 243 g/mol. The smallest absolute Gasteiger partial charge is 0.133 e. The zero-order chi connectivity index (χ0) is 13.9. The van der Waals surface area contributed by atoms with Crippen molar-refractivity contribution in [3.8, 4) is 5.75 Å². The fraction of sp³-hybridized carbons (Fsp3) is 0.625. The van der Waals surface area contributed by atoms with Crippen molar-refractivity contribution in [1.29, 1.82) is 0 Å². The van der Waals surface area contributed by atoms with Crippen LogP contribution in [0, 0.1) is 11.7 Å². The van der Waals surface area contributed by atoms with Crippen LogP contribution in [0.25, 0.3) is 0 Å². The summed E-state index contributed by atoms with van der Waals surface area (Å²) < 4.78 is 19.2. The second-order valence-corrected chi connectivity index (χ2v) is 5.80. The first kappa shape index (κ1) is 14.3. The Kier molecular flexibility index (Phi) is 4.46. The van der Waals surface area contributed by atoms with Gasteiger partial charge in [-0.2, -0.15) is 0 Å². The molecule has 0 saturated heterocycles. The summed E-state index contributed by atoms with van der Waals surface area (Å²) in [5.74, 6) is 0.522. The lowest BCUT2D eigenvalue weighted by molar-refractivity contribution is 0.0184. The van der Waals surface area contributed by atoms with Gasteiger partial charge in [-0.05, 0) is 31.4 Å². The first-order chi connectivity index (χ1) is 9.04. The van der Waals surface area contributed by atoms with E-state index in [1.54, 1.807) is 19.1 Å². The molecule has 0 aromatic heterocycles. The molecule has 106 valence electrons. The van der Waals surface area contributed by atoms with Gasteiger partial charge in [0.2, 0.25) is 0 Å². The van der Waals surface area contributed by atoms with E-state index in [-0.39, 0.29) is 5.82 Å². The molecule has 0 bridgehead atoms. The number of rotatable bonds is 4. The molecule has 1 aromatic carbocycles. The highest BCUT2D eigenvalue weighted by Gasteiger charge is 2.33. The molecular formula is C16H23FO2. The Balaban J connectivity index is 2.22. The number of hydrogen-bond acceptors (Lipinski definition) is 2. The minimum absolute atomic E-state index is 0.295. The normalized spacial score (nSPS) is 20.0. The van der Waals surface area contributed by atoms with E-state index in [2.05, 4.69) is 0 Å². The van der Waals surface area contributed by atoms with Crippen LogP contribution in [0.4, 0.5) is 4.39 Å². The minimum Gasteiger partial charge on any atom is -0.496 e. The average Bonchev–Trinajstić information content (AvgIpc) is 2.38. The molecule has 1 N–H and O–H groups in total. The summed E-state index contributed by atoms with van der Waals surface area (Å²) in [6.07, 6.45) is 6.58. The zero-order valence-electron chi connectivity index (χ0n) is 11.8. The SMILES string of the molecule is COc1cccc(F)c1C(C)(O)CC1CCCCC1. The zero-order valence-corrected chi connectivity index (χ0v) is 11.8. The standard InChI is InChI=1S/C16H23FO2/c1-16(18,11-12-7-4-3-5-8-12)15-13(17)9-6-10-14(15)19-2/h6,9-10,12,18H,3-5,7-8,11H2,1-2H3. The third-order valence-corrected chi connectivity index (χ3v) is 4.14. The van der Waals surface area contributed by atoms with E-state index in [0.717, 1.165) is 12.8 Å². The molecule has 1 aliphatic rings. The lowest BCUT2D eigenvalue weighted by Gasteiger charge is -2.32. The van der Waals surface area contributed by atoms with E-state index in [1.807, 2.05) is 0 Å². The maximum absolute atomic E-state index is 14.0. The summed E-state index contributed by atoms with van der Waals surface area (Å²) in [5, 5.41) is 10.7. The summed E-state index contributed by atoms with van der Waals surface area (Å²) in [6, 6.07) is 4.69. The lowest BCUT2D eigenvalue weighted by Crippen LogP contribution is -2.28. The predicted octanol–water partition coefficient (Wildman–Crippen LogP) is 4.01. The molecule has 2 nitrogen and oxygen atoms in total. The monoisotopic (exact) mass is 266 g/mol. The van der Waals surface area contributed by atoms with Gasteiger partial charge in [-0.1, -0.05) is 38.2 Å². The second-order valence-electron chi connectivity index (χ2n) is 5.80. The molecule has 1 fully saturated rings. The molecule has 0 aliphatic heterocycles. The van der Waals surface area contributed by atoms with Gasteiger partial charge in [-0.3, -0.25) is 0 Å². The van der Waals surface area contributed by atoms with Gasteiger partial charge in [0, 0.05) is 0 Å². The molecule has 0 spiro atoms. The van der Waals surface area contributed by atoms with Crippen LogP contribution in [0.3, 0.4) is 0 Å². The summed E-state index contributed by atoms with van der Waals surface area (Å²) in [5.41, 5.74) is -0.873. The van der Waals surface area contributed by atoms with Crippen molar-refractivity contribution in [2.75, 3.05) is 7.11 Å². The van der Waals surface area contributed by atoms with Crippen LogP contribution in [-0.4, -0.2) is 12.2 Å². The molecule has 1 aliphatic carbocycles. The highest BCUT2D eigenvalue weighted by Crippen LogP contribution is 2.39. The molecule has 0 amide bonds. The number of hydrogen-bond donors (Lipinski definition) is 1. The van der Waals surface area contributed by atoms with E-state index < -0.39 is 5.60 Å². The van der Waals surface area contributed by atoms with Crippen LogP contribution in [0.2, 0.25) is 0 Å². The molecule has 1 unspecified atom stereocenters. The number of halogens is 1. The first-order valence-electron chi connectivity index (χ1n) is 7.10. The van der Waals surface area contributed by atoms with Gasteiger partial charge in [0.05, 0.1) is 18.3 Å². The topological polar surface area (TPSA) is 29.5 Å². The highest BCUT2D eigenvalue weighted by molar-refractivity contribution is 5.38. The molecule has 0 heterocycles. The van der Waals surface area contributed by atoms with Crippen molar-refractivity contribution >= 4 is 0 Å². The van der Waals surface area contributed by atoms with Crippen molar-refractivity contribution < 1.29 is 14.2 Å². The van der Waals surface area contributed by atoms with E-state index in [4.69, 9.17) is 4.74 Å². The molecule has 1 atom stereocenters. The second kappa shape index (κ2) is 5.91. The Morgan fingerprint density at radius 3 is 2.63 bits per heavy atom.